The quantitative estimate of drug-likeness (QED) is 0.768. The predicted molar refractivity (Wildman–Crippen MR) is 52.5 cm³/mol. The van der Waals surface area contributed by atoms with Crippen molar-refractivity contribution in [2.24, 2.45) is 5.92 Å². The number of hydrogen-bond donors (Lipinski definition) is 0. The average molecular weight is 265 g/mol. The Labute approximate surface area is 89.5 Å². The molecule has 5 heteroatoms. The first-order valence-corrected chi connectivity index (χ1v) is 5.66. The molecule has 0 spiro atoms. The van der Waals surface area contributed by atoms with Crippen molar-refractivity contribution in [1.82, 2.24) is 9.55 Å². The summed E-state index contributed by atoms with van der Waals surface area (Å²) in [6, 6.07) is 0. The van der Waals surface area contributed by atoms with Crippen LogP contribution in [0.15, 0.2) is 12.5 Å². The lowest BCUT2D eigenvalue weighted by Crippen LogP contribution is -2.37. The molecule has 1 aliphatic carbocycles. The van der Waals surface area contributed by atoms with Gasteiger partial charge < -0.3 is 4.57 Å². The molecule has 0 radical (unpaired) electrons. The standard InChI is InChI=1S/C9H11BrF2N2/c10-3-8-5-14(6-13-8)4-7-1-9(11,12)2-7/h5-7H,1-4H2. The summed E-state index contributed by atoms with van der Waals surface area (Å²) in [5.41, 5.74) is 0.941. The summed E-state index contributed by atoms with van der Waals surface area (Å²) >= 11 is 3.29. The molecule has 14 heavy (non-hydrogen) atoms. The van der Waals surface area contributed by atoms with Gasteiger partial charge in [0.05, 0.1) is 12.0 Å². The van der Waals surface area contributed by atoms with Gasteiger partial charge in [-0.2, -0.15) is 0 Å². The van der Waals surface area contributed by atoms with Crippen LogP contribution in [-0.4, -0.2) is 15.5 Å². The third kappa shape index (κ3) is 2.13. The Morgan fingerprint density at radius 1 is 1.57 bits per heavy atom. The Kier molecular flexibility index (Phi) is 2.60. The van der Waals surface area contributed by atoms with Crippen LogP contribution >= 0.6 is 15.9 Å². The highest BCUT2D eigenvalue weighted by atomic mass is 79.9. The normalized spacial score (nSPS) is 20.8. The second kappa shape index (κ2) is 3.61. The first-order chi connectivity index (χ1) is 6.59. The Morgan fingerprint density at radius 2 is 2.29 bits per heavy atom. The summed E-state index contributed by atoms with van der Waals surface area (Å²) in [6.07, 6.45) is 3.64. The SMILES string of the molecule is FC1(F)CC(Cn2cnc(CBr)c2)C1. The molecule has 1 heterocycles. The fraction of sp³-hybridized carbons (Fsp3) is 0.667. The van der Waals surface area contributed by atoms with Crippen molar-refractivity contribution in [3.63, 3.8) is 0 Å². The van der Waals surface area contributed by atoms with Crippen molar-refractivity contribution in [2.45, 2.75) is 30.6 Å². The zero-order chi connectivity index (χ0) is 10.2. The first kappa shape index (κ1) is 10.1. The molecule has 0 aliphatic heterocycles. The van der Waals surface area contributed by atoms with Gasteiger partial charge in [0.2, 0.25) is 5.92 Å². The van der Waals surface area contributed by atoms with E-state index in [1.807, 2.05) is 10.8 Å². The van der Waals surface area contributed by atoms with Crippen LogP contribution in [-0.2, 0) is 11.9 Å². The third-order valence-electron chi connectivity index (χ3n) is 2.47. The number of nitrogens with zero attached hydrogens (tertiary/aromatic N) is 2. The van der Waals surface area contributed by atoms with Gasteiger partial charge in [0.25, 0.3) is 0 Å². The molecule has 1 fully saturated rings. The summed E-state index contributed by atoms with van der Waals surface area (Å²) in [6.45, 7) is 0.662. The summed E-state index contributed by atoms with van der Waals surface area (Å²) in [5.74, 6) is -2.30. The molecule has 0 bridgehead atoms. The van der Waals surface area contributed by atoms with E-state index >= 15 is 0 Å². The van der Waals surface area contributed by atoms with Crippen LogP contribution in [0.5, 0.6) is 0 Å². The van der Waals surface area contributed by atoms with Gasteiger partial charge in [-0.25, -0.2) is 13.8 Å². The van der Waals surface area contributed by atoms with Crippen molar-refractivity contribution >= 4 is 15.9 Å². The highest BCUT2D eigenvalue weighted by Gasteiger charge is 2.45. The highest BCUT2D eigenvalue weighted by Crippen LogP contribution is 2.43. The maximum absolute atomic E-state index is 12.5. The van der Waals surface area contributed by atoms with Gasteiger partial charge in [0, 0.05) is 30.9 Å². The summed E-state index contributed by atoms with van der Waals surface area (Å²) < 4.78 is 26.9. The van der Waals surface area contributed by atoms with Gasteiger partial charge >= 0.3 is 0 Å². The van der Waals surface area contributed by atoms with E-state index in [9.17, 15) is 8.78 Å². The lowest BCUT2D eigenvalue weighted by molar-refractivity contribution is -0.114. The van der Waals surface area contributed by atoms with Crippen LogP contribution in [0.1, 0.15) is 18.5 Å². The monoisotopic (exact) mass is 264 g/mol. The average Bonchev–Trinajstić information content (AvgIpc) is 2.49. The van der Waals surface area contributed by atoms with E-state index in [1.54, 1.807) is 6.33 Å². The van der Waals surface area contributed by atoms with Gasteiger partial charge in [0.15, 0.2) is 0 Å². The summed E-state index contributed by atoms with van der Waals surface area (Å²) in [4.78, 5) is 4.11. The molecule has 0 saturated heterocycles. The van der Waals surface area contributed by atoms with Crippen LogP contribution in [0.3, 0.4) is 0 Å². The largest absolute Gasteiger partial charge is 0.337 e. The van der Waals surface area contributed by atoms with Gasteiger partial charge in [-0.05, 0) is 5.92 Å². The van der Waals surface area contributed by atoms with E-state index in [0.717, 1.165) is 5.69 Å². The minimum Gasteiger partial charge on any atom is -0.337 e. The minimum absolute atomic E-state index is 0.0226. The van der Waals surface area contributed by atoms with Crippen LogP contribution in [0.4, 0.5) is 8.78 Å². The molecule has 2 rings (SSSR count). The molecular weight excluding hydrogens is 254 g/mol. The first-order valence-electron chi connectivity index (χ1n) is 4.53. The van der Waals surface area contributed by atoms with Crippen LogP contribution in [0.2, 0.25) is 0 Å². The van der Waals surface area contributed by atoms with E-state index in [4.69, 9.17) is 0 Å². The number of imidazole rings is 1. The number of rotatable bonds is 3. The fourth-order valence-electron chi connectivity index (χ4n) is 1.79. The maximum atomic E-state index is 12.5. The van der Waals surface area contributed by atoms with Crippen molar-refractivity contribution in [1.29, 1.82) is 0 Å². The maximum Gasteiger partial charge on any atom is 0.248 e. The van der Waals surface area contributed by atoms with Crippen molar-refractivity contribution in [2.75, 3.05) is 0 Å². The Balaban J connectivity index is 1.87. The predicted octanol–water partition coefficient (Wildman–Crippen LogP) is 2.82. The Hall–Kier alpha value is -0.450. The zero-order valence-electron chi connectivity index (χ0n) is 7.59. The summed E-state index contributed by atoms with van der Waals surface area (Å²) in [5, 5.41) is 0.709. The van der Waals surface area contributed by atoms with E-state index in [1.165, 1.54) is 0 Å². The lowest BCUT2D eigenvalue weighted by atomic mass is 9.81. The molecule has 1 aromatic heterocycles. The smallest absolute Gasteiger partial charge is 0.248 e. The summed E-state index contributed by atoms with van der Waals surface area (Å²) in [7, 11) is 0. The van der Waals surface area contributed by atoms with Crippen molar-refractivity contribution in [3.8, 4) is 0 Å². The van der Waals surface area contributed by atoms with Crippen LogP contribution in [0, 0.1) is 5.92 Å². The number of hydrogen-bond acceptors (Lipinski definition) is 1. The molecule has 0 N–H and O–H groups in total. The molecular formula is C9H11BrF2N2. The van der Waals surface area contributed by atoms with E-state index in [-0.39, 0.29) is 18.8 Å². The second-order valence-electron chi connectivity index (χ2n) is 3.83. The second-order valence-corrected chi connectivity index (χ2v) is 4.39. The molecule has 0 aromatic carbocycles. The van der Waals surface area contributed by atoms with E-state index in [2.05, 4.69) is 20.9 Å². The van der Waals surface area contributed by atoms with Crippen molar-refractivity contribution < 1.29 is 8.78 Å². The molecule has 0 atom stereocenters. The molecule has 2 nitrogen and oxygen atoms in total. The van der Waals surface area contributed by atoms with Crippen LogP contribution < -0.4 is 0 Å². The Bertz CT molecular complexity index is 316. The molecule has 0 unspecified atom stereocenters. The minimum atomic E-state index is -2.41. The Morgan fingerprint density at radius 3 is 2.79 bits per heavy atom. The number of halogens is 3. The number of aromatic nitrogens is 2. The third-order valence-corrected chi connectivity index (χ3v) is 3.04. The number of alkyl halides is 3. The van der Waals surface area contributed by atoms with Gasteiger partial charge in [-0.3, -0.25) is 0 Å². The molecule has 1 aromatic rings. The van der Waals surface area contributed by atoms with Crippen LogP contribution in [0.25, 0.3) is 0 Å². The van der Waals surface area contributed by atoms with Gasteiger partial charge in [-0.1, -0.05) is 15.9 Å². The lowest BCUT2D eigenvalue weighted by Gasteiger charge is -2.34. The molecule has 78 valence electrons. The van der Waals surface area contributed by atoms with E-state index < -0.39 is 5.92 Å². The van der Waals surface area contributed by atoms with Crippen molar-refractivity contribution in [3.05, 3.63) is 18.2 Å². The molecule has 0 amide bonds. The zero-order valence-corrected chi connectivity index (χ0v) is 9.17. The van der Waals surface area contributed by atoms with Gasteiger partial charge in [-0.15, -0.1) is 0 Å². The highest BCUT2D eigenvalue weighted by molar-refractivity contribution is 9.08. The molecule has 1 saturated carbocycles. The van der Waals surface area contributed by atoms with E-state index in [0.29, 0.717) is 11.9 Å². The topological polar surface area (TPSA) is 17.8 Å². The fourth-order valence-corrected chi connectivity index (χ4v) is 2.08. The van der Waals surface area contributed by atoms with Gasteiger partial charge in [0.1, 0.15) is 0 Å². The molecule has 1 aliphatic rings.